The monoisotopic (exact) mass is 553 g/mol. The Balaban J connectivity index is 1.15. The Hall–Kier alpha value is -3.44. The summed E-state index contributed by atoms with van der Waals surface area (Å²) in [6, 6.07) is 9.95. The number of likely N-dealkylation sites (tertiary alicyclic amines) is 1. The second-order valence-electron chi connectivity index (χ2n) is 11.4. The zero-order chi connectivity index (χ0) is 27.8. The number of piperidine rings is 1. The topological polar surface area (TPSA) is 122 Å². The summed E-state index contributed by atoms with van der Waals surface area (Å²) in [5.74, 6) is -0.179. The van der Waals surface area contributed by atoms with Crippen molar-refractivity contribution in [2.24, 2.45) is 5.92 Å². The fourth-order valence-corrected chi connectivity index (χ4v) is 6.42. The molecule has 5 rings (SSSR count). The average Bonchev–Trinajstić information content (AvgIpc) is 3.35. The van der Waals surface area contributed by atoms with Gasteiger partial charge in [0, 0.05) is 38.2 Å². The first-order valence-electron chi connectivity index (χ1n) is 13.3. The first-order chi connectivity index (χ1) is 18.5. The van der Waals surface area contributed by atoms with Gasteiger partial charge in [-0.05, 0) is 82.2 Å². The first-order valence-corrected chi connectivity index (χ1v) is 14.8. The van der Waals surface area contributed by atoms with E-state index in [1.165, 1.54) is 12.1 Å². The van der Waals surface area contributed by atoms with Gasteiger partial charge in [-0.15, -0.1) is 0 Å². The van der Waals surface area contributed by atoms with E-state index in [-0.39, 0.29) is 41.4 Å². The molecule has 1 saturated heterocycles. The molecular weight excluding hydrogens is 518 g/mol. The van der Waals surface area contributed by atoms with Gasteiger partial charge in [0.25, 0.3) is 5.91 Å². The summed E-state index contributed by atoms with van der Waals surface area (Å²) >= 11 is 0. The van der Waals surface area contributed by atoms with E-state index in [9.17, 15) is 18.0 Å². The molecule has 10 nitrogen and oxygen atoms in total. The summed E-state index contributed by atoms with van der Waals surface area (Å²) in [6.07, 6.45) is 8.38. The number of pyridine rings is 1. The number of nitrogens with zero attached hydrogens (tertiary/aromatic N) is 3. The van der Waals surface area contributed by atoms with Gasteiger partial charge in [0.2, 0.25) is 10.0 Å². The molecule has 11 heteroatoms. The van der Waals surface area contributed by atoms with Gasteiger partial charge in [-0.1, -0.05) is 12.1 Å². The molecule has 0 radical (unpaired) electrons. The number of rotatable bonds is 7. The van der Waals surface area contributed by atoms with Gasteiger partial charge in [0.1, 0.15) is 11.2 Å². The number of fused-ring (bicyclic) bond motifs is 1. The number of sulfonamides is 1. The Kier molecular flexibility index (Phi) is 7.15. The van der Waals surface area contributed by atoms with E-state index >= 15 is 0 Å². The molecule has 2 unspecified atom stereocenters. The number of benzene rings is 1. The van der Waals surface area contributed by atoms with E-state index < -0.39 is 15.6 Å². The van der Waals surface area contributed by atoms with E-state index in [2.05, 4.69) is 15.0 Å². The fourth-order valence-electron chi connectivity index (χ4n) is 5.33. The number of imidazole rings is 1. The van der Waals surface area contributed by atoms with Crippen molar-refractivity contribution in [3.05, 3.63) is 66.1 Å². The third-order valence-corrected chi connectivity index (χ3v) is 8.89. The molecule has 208 valence electrons. The van der Waals surface area contributed by atoms with Crippen molar-refractivity contribution in [3.8, 4) is 0 Å². The van der Waals surface area contributed by atoms with E-state index in [4.69, 9.17) is 4.74 Å². The van der Waals surface area contributed by atoms with E-state index in [1.54, 1.807) is 47.3 Å². The third-order valence-electron chi connectivity index (χ3n) is 7.45. The van der Waals surface area contributed by atoms with Crippen LogP contribution in [-0.4, -0.2) is 58.9 Å². The van der Waals surface area contributed by atoms with Crippen LogP contribution in [-0.2, 0) is 21.3 Å². The Morgan fingerprint density at radius 3 is 2.64 bits per heavy atom. The molecule has 2 aromatic heterocycles. The second kappa shape index (κ2) is 10.3. The van der Waals surface area contributed by atoms with Crippen LogP contribution in [0.1, 0.15) is 62.4 Å². The summed E-state index contributed by atoms with van der Waals surface area (Å²) in [5, 5.41) is 2.86. The van der Waals surface area contributed by atoms with Gasteiger partial charge in [-0.3, -0.25) is 4.79 Å². The molecule has 1 aliphatic carbocycles. The Morgan fingerprint density at radius 2 is 1.90 bits per heavy atom. The van der Waals surface area contributed by atoms with Gasteiger partial charge in [0.15, 0.2) is 0 Å². The molecule has 3 heterocycles. The quantitative estimate of drug-likeness (QED) is 0.460. The molecule has 1 saturated carbocycles. The maximum absolute atomic E-state index is 13.0. The number of carbonyl (C=O) groups excluding carboxylic acids is 2. The number of ether oxygens (including phenoxy) is 1. The highest BCUT2D eigenvalue weighted by molar-refractivity contribution is 7.89. The van der Waals surface area contributed by atoms with Crippen LogP contribution in [0.15, 0.2) is 59.9 Å². The van der Waals surface area contributed by atoms with Crippen molar-refractivity contribution in [1.82, 2.24) is 24.3 Å². The smallest absolute Gasteiger partial charge is 0.410 e. The Bertz CT molecular complexity index is 1480. The second-order valence-corrected chi connectivity index (χ2v) is 13.1. The number of amides is 2. The maximum atomic E-state index is 13.0. The van der Waals surface area contributed by atoms with Crippen molar-refractivity contribution in [3.63, 3.8) is 0 Å². The molecule has 2 atom stereocenters. The van der Waals surface area contributed by atoms with Crippen molar-refractivity contribution < 1.29 is 22.7 Å². The predicted molar refractivity (Wildman–Crippen MR) is 146 cm³/mol. The summed E-state index contributed by atoms with van der Waals surface area (Å²) in [6.45, 7) is 6.71. The average molecular weight is 554 g/mol. The van der Waals surface area contributed by atoms with Gasteiger partial charge in [0.05, 0.1) is 16.0 Å². The standard InChI is InChI=1S/C28H35N5O5S/c1-27(2,3)38-26(35)33-14-5-4-12-28(33)16-22(28)18-31-39(36,37)23-9-6-20(7-10-23)17-30-25(34)21-8-11-24-29-13-15-32(24)19-21/h6-11,13,15,19,22,31H,4-5,12,14,16-18H2,1-3H3,(H,30,34). The van der Waals surface area contributed by atoms with E-state index in [0.717, 1.165) is 36.9 Å². The van der Waals surface area contributed by atoms with Crippen LogP contribution in [0.4, 0.5) is 4.79 Å². The lowest BCUT2D eigenvalue weighted by molar-refractivity contribution is 0.00330. The molecule has 39 heavy (non-hydrogen) atoms. The lowest BCUT2D eigenvalue weighted by atomic mass is 9.98. The highest BCUT2D eigenvalue weighted by Gasteiger charge is 2.60. The lowest BCUT2D eigenvalue weighted by Crippen LogP contribution is -2.49. The zero-order valence-electron chi connectivity index (χ0n) is 22.5. The lowest BCUT2D eigenvalue weighted by Gasteiger charge is -2.38. The predicted octanol–water partition coefficient (Wildman–Crippen LogP) is 3.72. The minimum Gasteiger partial charge on any atom is -0.444 e. The normalized spacial score (nSPS) is 21.2. The zero-order valence-corrected chi connectivity index (χ0v) is 23.3. The number of aromatic nitrogens is 2. The third kappa shape index (κ3) is 5.94. The van der Waals surface area contributed by atoms with Gasteiger partial charge in [-0.25, -0.2) is 22.9 Å². The number of carbonyl (C=O) groups is 2. The molecule has 2 fully saturated rings. The molecule has 3 aromatic rings. The summed E-state index contributed by atoms with van der Waals surface area (Å²) in [7, 11) is -3.72. The molecule has 1 aromatic carbocycles. The molecule has 2 N–H and O–H groups in total. The van der Waals surface area contributed by atoms with Crippen LogP contribution in [0, 0.1) is 5.92 Å². The largest absolute Gasteiger partial charge is 0.444 e. The van der Waals surface area contributed by atoms with Crippen LogP contribution < -0.4 is 10.0 Å². The maximum Gasteiger partial charge on any atom is 0.410 e. The Morgan fingerprint density at radius 1 is 1.13 bits per heavy atom. The minimum atomic E-state index is -3.72. The molecule has 1 spiro atoms. The van der Waals surface area contributed by atoms with E-state index in [0.29, 0.717) is 12.1 Å². The van der Waals surface area contributed by atoms with Gasteiger partial charge >= 0.3 is 6.09 Å². The number of nitrogens with one attached hydrogen (secondary N) is 2. The summed E-state index contributed by atoms with van der Waals surface area (Å²) < 4.78 is 36.1. The SMILES string of the molecule is CC(C)(C)OC(=O)N1CCCCC12CC2CNS(=O)(=O)c1ccc(CNC(=O)c2ccc3nccn3c2)cc1. The number of hydrogen-bond acceptors (Lipinski definition) is 6. The van der Waals surface area contributed by atoms with Crippen LogP contribution in [0.2, 0.25) is 0 Å². The highest BCUT2D eigenvalue weighted by Crippen LogP contribution is 2.54. The Labute approximate surface area is 228 Å². The van der Waals surface area contributed by atoms with Gasteiger partial charge < -0.3 is 19.4 Å². The number of hydrogen-bond donors (Lipinski definition) is 2. The van der Waals surface area contributed by atoms with Crippen molar-refractivity contribution >= 4 is 27.7 Å². The molecule has 2 amide bonds. The summed E-state index contributed by atoms with van der Waals surface area (Å²) in [5.41, 5.74) is 1.14. The summed E-state index contributed by atoms with van der Waals surface area (Å²) in [4.78, 5) is 31.5. The fraction of sp³-hybridized carbons (Fsp3) is 0.464. The van der Waals surface area contributed by atoms with Crippen LogP contribution >= 0.6 is 0 Å². The van der Waals surface area contributed by atoms with Crippen LogP contribution in [0.25, 0.3) is 5.65 Å². The molecule has 2 aliphatic rings. The molecular formula is C28H35N5O5S. The van der Waals surface area contributed by atoms with Crippen LogP contribution in [0.3, 0.4) is 0 Å². The van der Waals surface area contributed by atoms with Gasteiger partial charge in [-0.2, -0.15) is 0 Å². The van der Waals surface area contributed by atoms with Crippen molar-refractivity contribution in [2.45, 2.75) is 69.0 Å². The molecule has 0 bridgehead atoms. The van der Waals surface area contributed by atoms with E-state index in [1.807, 2.05) is 25.7 Å². The minimum absolute atomic E-state index is 0.0520. The van der Waals surface area contributed by atoms with Crippen molar-refractivity contribution in [1.29, 1.82) is 0 Å². The van der Waals surface area contributed by atoms with Crippen LogP contribution in [0.5, 0.6) is 0 Å². The van der Waals surface area contributed by atoms with Crippen molar-refractivity contribution in [2.75, 3.05) is 13.1 Å². The molecule has 1 aliphatic heterocycles. The first kappa shape index (κ1) is 27.1. The highest BCUT2D eigenvalue weighted by atomic mass is 32.2.